The van der Waals surface area contributed by atoms with Gasteiger partial charge in [-0.2, -0.15) is 0 Å². The normalized spacial score (nSPS) is 8.29. The van der Waals surface area contributed by atoms with Gasteiger partial charge in [0, 0.05) is 14.0 Å². The fraction of sp³-hybridized carbons (Fsp3) is 0.778. The van der Waals surface area contributed by atoms with Crippen LogP contribution in [0.15, 0.2) is 0 Å². The van der Waals surface area contributed by atoms with Crippen molar-refractivity contribution in [2.45, 2.75) is 26.7 Å². The highest BCUT2D eigenvalue weighted by Crippen LogP contribution is 1.77. The molecule has 4 N–H and O–H groups in total. The van der Waals surface area contributed by atoms with Crippen molar-refractivity contribution < 1.29 is 9.59 Å². The summed E-state index contributed by atoms with van der Waals surface area (Å²) in [4.78, 5) is 20.6. The van der Waals surface area contributed by atoms with Crippen LogP contribution < -0.4 is 16.4 Å². The summed E-state index contributed by atoms with van der Waals surface area (Å²) < 4.78 is 0. The summed E-state index contributed by atoms with van der Waals surface area (Å²) in [5.41, 5.74) is 5.14. The van der Waals surface area contributed by atoms with Gasteiger partial charge >= 0.3 is 0 Å². The predicted octanol–water partition coefficient (Wildman–Crippen LogP) is -0.386. The Kier molecular flexibility index (Phi) is 13.1. The molecule has 5 nitrogen and oxygen atoms in total. The van der Waals surface area contributed by atoms with Crippen LogP contribution in [0.3, 0.4) is 0 Å². The molecule has 0 aromatic rings. The van der Waals surface area contributed by atoms with E-state index in [-0.39, 0.29) is 18.4 Å². The molecule has 0 aliphatic heterocycles. The van der Waals surface area contributed by atoms with Crippen molar-refractivity contribution in [3.8, 4) is 0 Å². The van der Waals surface area contributed by atoms with Gasteiger partial charge in [-0.15, -0.1) is 0 Å². The maximum Gasteiger partial charge on any atom is 0.239 e. The summed E-state index contributed by atoms with van der Waals surface area (Å²) in [6.45, 7) is 4.40. The fourth-order valence-corrected chi connectivity index (χ4v) is 0.497. The average Bonchev–Trinajstić information content (AvgIpc) is 2.16. The summed E-state index contributed by atoms with van der Waals surface area (Å²) in [6.07, 6.45) is 2.39. The van der Waals surface area contributed by atoms with Crippen LogP contribution in [-0.4, -0.2) is 32.0 Å². The van der Waals surface area contributed by atoms with Gasteiger partial charge in [0.2, 0.25) is 11.8 Å². The number of carbonyl (C=O) groups excluding carboxylic acids is 2. The fourth-order valence-electron chi connectivity index (χ4n) is 0.497. The molecule has 0 atom stereocenters. The van der Waals surface area contributed by atoms with E-state index in [1.54, 1.807) is 0 Å². The van der Waals surface area contributed by atoms with E-state index in [9.17, 15) is 9.59 Å². The molecule has 0 aliphatic rings. The van der Waals surface area contributed by atoms with E-state index in [1.165, 1.54) is 26.8 Å². The topological polar surface area (TPSA) is 84.2 Å². The Labute approximate surface area is 85.4 Å². The van der Waals surface area contributed by atoms with E-state index in [2.05, 4.69) is 17.6 Å². The zero-order valence-electron chi connectivity index (χ0n) is 9.22. The largest absolute Gasteiger partial charge is 0.358 e. The highest BCUT2D eigenvalue weighted by Gasteiger charge is 1.95. The minimum Gasteiger partial charge on any atom is -0.358 e. The van der Waals surface area contributed by atoms with Gasteiger partial charge in [0.1, 0.15) is 0 Å². The number of unbranched alkanes of at least 4 members (excludes halogenated alkanes) is 1. The lowest BCUT2D eigenvalue weighted by molar-refractivity contribution is -0.124. The molecule has 5 heteroatoms. The van der Waals surface area contributed by atoms with Crippen molar-refractivity contribution in [2.24, 2.45) is 5.73 Å². The zero-order valence-corrected chi connectivity index (χ0v) is 9.22. The first-order valence-corrected chi connectivity index (χ1v) is 4.73. The Hall–Kier alpha value is -1.10. The molecule has 0 rings (SSSR count). The number of rotatable bonds is 4. The van der Waals surface area contributed by atoms with Crippen molar-refractivity contribution in [2.75, 3.05) is 20.1 Å². The number of likely N-dealkylation sites (N-methyl/N-ethyl adjacent to an activating group) is 1. The molecule has 0 aliphatic carbocycles. The van der Waals surface area contributed by atoms with Crippen molar-refractivity contribution in [1.29, 1.82) is 0 Å². The second-order valence-electron chi connectivity index (χ2n) is 2.73. The van der Waals surface area contributed by atoms with Gasteiger partial charge in [0.05, 0.1) is 6.54 Å². The van der Waals surface area contributed by atoms with E-state index < -0.39 is 0 Å². The molecule has 0 saturated carbocycles. The van der Waals surface area contributed by atoms with E-state index in [4.69, 9.17) is 5.73 Å². The Balaban J connectivity index is 0. The third-order valence-corrected chi connectivity index (χ3v) is 1.33. The van der Waals surface area contributed by atoms with Crippen molar-refractivity contribution >= 4 is 11.8 Å². The van der Waals surface area contributed by atoms with E-state index in [0.717, 1.165) is 6.54 Å². The number of carbonyl (C=O) groups is 2. The van der Waals surface area contributed by atoms with Gasteiger partial charge < -0.3 is 16.4 Å². The first-order chi connectivity index (χ1) is 6.58. The summed E-state index contributed by atoms with van der Waals surface area (Å²) in [7, 11) is 1.52. The van der Waals surface area contributed by atoms with E-state index in [0.29, 0.717) is 0 Å². The quantitative estimate of drug-likeness (QED) is 0.582. The number of hydrogen-bond acceptors (Lipinski definition) is 3. The van der Waals surface area contributed by atoms with Crippen molar-refractivity contribution in [1.82, 2.24) is 10.6 Å². The first kappa shape index (κ1) is 15.4. The van der Waals surface area contributed by atoms with Crippen LogP contribution in [0.5, 0.6) is 0 Å². The molecule has 14 heavy (non-hydrogen) atoms. The average molecular weight is 203 g/mol. The van der Waals surface area contributed by atoms with Crippen LogP contribution in [0.4, 0.5) is 0 Å². The Morgan fingerprint density at radius 3 is 2.14 bits per heavy atom. The van der Waals surface area contributed by atoms with E-state index >= 15 is 0 Å². The highest BCUT2D eigenvalue weighted by molar-refractivity contribution is 5.83. The monoisotopic (exact) mass is 203 g/mol. The Bertz CT molecular complexity index is 158. The second kappa shape index (κ2) is 11.9. The molecule has 0 heterocycles. The van der Waals surface area contributed by atoms with Crippen LogP contribution in [0, 0.1) is 0 Å². The lowest BCUT2D eigenvalue weighted by Crippen LogP contribution is -2.33. The van der Waals surface area contributed by atoms with Gasteiger partial charge in [-0.3, -0.25) is 9.59 Å². The van der Waals surface area contributed by atoms with Crippen LogP contribution in [-0.2, 0) is 9.59 Å². The highest BCUT2D eigenvalue weighted by atomic mass is 16.2. The maximum absolute atomic E-state index is 10.4. The van der Waals surface area contributed by atoms with Gasteiger partial charge in [0.25, 0.3) is 0 Å². The van der Waals surface area contributed by atoms with Crippen LogP contribution in [0.1, 0.15) is 26.7 Å². The number of hydrogen-bond donors (Lipinski definition) is 3. The Morgan fingerprint density at radius 1 is 1.36 bits per heavy atom. The minimum atomic E-state index is -0.196. The molecule has 0 bridgehead atoms. The zero-order chi connectivity index (χ0) is 11.4. The summed E-state index contributed by atoms with van der Waals surface area (Å²) >= 11 is 0. The molecule has 0 unspecified atom stereocenters. The van der Waals surface area contributed by atoms with Gasteiger partial charge in [0.15, 0.2) is 0 Å². The molecular formula is C9H21N3O2. The molecule has 0 aromatic carbocycles. The lowest BCUT2D eigenvalue weighted by Gasteiger charge is -1.98. The van der Waals surface area contributed by atoms with Crippen LogP contribution in [0.2, 0.25) is 0 Å². The SMILES string of the molecule is CCCCN.CNC(=O)CNC(C)=O. The standard InChI is InChI=1S/C5H10N2O2.C4H11N/c1-4(8)7-3-5(9)6-2;1-2-3-4-5/h3H2,1-2H3,(H,6,9)(H,7,8);2-5H2,1H3. The minimum absolute atomic E-state index is 0.0613. The molecule has 0 radical (unpaired) electrons. The van der Waals surface area contributed by atoms with Crippen molar-refractivity contribution in [3.63, 3.8) is 0 Å². The van der Waals surface area contributed by atoms with Gasteiger partial charge in [-0.25, -0.2) is 0 Å². The predicted molar refractivity (Wildman–Crippen MR) is 56.7 cm³/mol. The number of nitrogens with one attached hydrogen (secondary N) is 2. The smallest absolute Gasteiger partial charge is 0.239 e. The molecule has 0 spiro atoms. The van der Waals surface area contributed by atoms with E-state index in [1.807, 2.05) is 0 Å². The molecule has 0 saturated heterocycles. The Morgan fingerprint density at radius 2 is 1.93 bits per heavy atom. The van der Waals surface area contributed by atoms with Crippen LogP contribution >= 0.6 is 0 Å². The third kappa shape index (κ3) is 17.1. The van der Waals surface area contributed by atoms with Crippen LogP contribution in [0.25, 0.3) is 0 Å². The van der Waals surface area contributed by atoms with Gasteiger partial charge in [-0.05, 0) is 13.0 Å². The number of nitrogens with two attached hydrogens (primary N) is 1. The molecule has 84 valence electrons. The third-order valence-electron chi connectivity index (χ3n) is 1.33. The summed E-state index contributed by atoms with van der Waals surface area (Å²) in [5.74, 6) is -0.385. The molecule has 0 fully saturated rings. The number of amides is 2. The molecule has 2 amide bonds. The van der Waals surface area contributed by atoms with Gasteiger partial charge in [-0.1, -0.05) is 13.3 Å². The molecular weight excluding hydrogens is 182 g/mol. The summed E-state index contributed by atoms with van der Waals surface area (Å²) in [6, 6.07) is 0. The maximum atomic E-state index is 10.4. The first-order valence-electron chi connectivity index (χ1n) is 4.73. The summed E-state index contributed by atoms with van der Waals surface area (Å²) in [5, 5.41) is 4.71. The van der Waals surface area contributed by atoms with Crippen molar-refractivity contribution in [3.05, 3.63) is 0 Å². The lowest BCUT2D eigenvalue weighted by atomic mass is 10.3. The second-order valence-corrected chi connectivity index (χ2v) is 2.73. The molecule has 0 aromatic heterocycles.